The predicted molar refractivity (Wildman–Crippen MR) is 117 cm³/mol. The number of aromatic nitrogens is 3. The van der Waals surface area contributed by atoms with Crippen LogP contribution in [-0.2, 0) is 27.9 Å². The lowest BCUT2D eigenvalue weighted by Crippen LogP contribution is -2.32. The van der Waals surface area contributed by atoms with Gasteiger partial charge in [0, 0.05) is 12.2 Å². The van der Waals surface area contributed by atoms with Crippen molar-refractivity contribution in [2.45, 2.75) is 33.0 Å². The zero-order valence-electron chi connectivity index (χ0n) is 17.4. The standard InChI is InChI=1S/C21H25N5O4S/c1-16(2)30-20-8-6-19(7-9-20)25-31(28,29)13-21(27)23-11-17-4-3-5-18(10-17)12-26-15-22-14-24-26/h3-10,14-16,25H,11-13H2,1-2H3,(H,23,27). The number of benzene rings is 2. The van der Waals surface area contributed by atoms with E-state index in [-0.39, 0.29) is 12.6 Å². The lowest BCUT2D eigenvalue weighted by Gasteiger charge is -2.12. The zero-order valence-corrected chi connectivity index (χ0v) is 18.2. The van der Waals surface area contributed by atoms with Crippen LogP contribution in [0.3, 0.4) is 0 Å². The normalized spacial score (nSPS) is 11.3. The lowest BCUT2D eigenvalue weighted by atomic mass is 10.1. The first kappa shape index (κ1) is 22.3. The van der Waals surface area contributed by atoms with Gasteiger partial charge >= 0.3 is 0 Å². The van der Waals surface area contributed by atoms with Gasteiger partial charge in [0.15, 0.2) is 0 Å². The van der Waals surface area contributed by atoms with Crippen LogP contribution in [-0.4, -0.2) is 40.9 Å². The molecule has 10 heteroatoms. The largest absolute Gasteiger partial charge is 0.491 e. The topological polar surface area (TPSA) is 115 Å². The quantitative estimate of drug-likeness (QED) is 0.496. The predicted octanol–water partition coefficient (Wildman–Crippen LogP) is 2.17. The Bertz CT molecular complexity index is 1100. The van der Waals surface area contributed by atoms with E-state index in [1.807, 2.05) is 38.1 Å². The van der Waals surface area contributed by atoms with Crippen LogP contribution in [0.2, 0.25) is 0 Å². The van der Waals surface area contributed by atoms with Crippen LogP contribution >= 0.6 is 0 Å². The molecule has 0 fully saturated rings. The van der Waals surface area contributed by atoms with Gasteiger partial charge in [-0.05, 0) is 49.2 Å². The first-order chi connectivity index (χ1) is 14.8. The number of hydrogen-bond donors (Lipinski definition) is 2. The number of carbonyl (C=O) groups excluding carboxylic acids is 1. The van der Waals surface area contributed by atoms with E-state index in [1.54, 1.807) is 35.3 Å². The number of nitrogens with one attached hydrogen (secondary N) is 2. The Kier molecular flexibility index (Phi) is 7.24. The molecule has 1 aromatic heterocycles. The van der Waals surface area contributed by atoms with Crippen molar-refractivity contribution >= 4 is 21.6 Å². The van der Waals surface area contributed by atoms with Crippen LogP contribution in [0.25, 0.3) is 0 Å². The molecule has 0 saturated heterocycles. The van der Waals surface area contributed by atoms with Gasteiger partial charge in [0.2, 0.25) is 15.9 Å². The smallest absolute Gasteiger partial charge is 0.241 e. The van der Waals surface area contributed by atoms with Crippen molar-refractivity contribution < 1.29 is 17.9 Å². The van der Waals surface area contributed by atoms with Crippen LogP contribution in [0.15, 0.2) is 61.2 Å². The molecular weight excluding hydrogens is 418 g/mol. The second kappa shape index (κ2) is 10.1. The molecule has 0 bridgehead atoms. The molecule has 3 aromatic rings. The third kappa shape index (κ3) is 7.41. The monoisotopic (exact) mass is 443 g/mol. The highest BCUT2D eigenvalue weighted by molar-refractivity contribution is 7.93. The van der Waals surface area contributed by atoms with E-state index in [9.17, 15) is 13.2 Å². The maximum Gasteiger partial charge on any atom is 0.241 e. The van der Waals surface area contributed by atoms with Crippen molar-refractivity contribution in [1.82, 2.24) is 20.1 Å². The summed E-state index contributed by atoms with van der Waals surface area (Å²) in [5.41, 5.74) is 2.22. The Morgan fingerprint density at radius 1 is 1.13 bits per heavy atom. The molecule has 0 radical (unpaired) electrons. The van der Waals surface area contributed by atoms with Crippen LogP contribution in [0.1, 0.15) is 25.0 Å². The molecule has 0 aliphatic carbocycles. The summed E-state index contributed by atoms with van der Waals surface area (Å²) >= 11 is 0. The lowest BCUT2D eigenvalue weighted by molar-refractivity contribution is -0.118. The molecule has 2 aromatic carbocycles. The van der Waals surface area contributed by atoms with E-state index in [0.717, 1.165) is 11.1 Å². The van der Waals surface area contributed by atoms with Gasteiger partial charge < -0.3 is 10.1 Å². The number of amides is 1. The van der Waals surface area contributed by atoms with Gasteiger partial charge in [-0.3, -0.25) is 9.52 Å². The summed E-state index contributed by atoms with van der Waals surface area (Å²) in [6.07, 6.45) is 3.11. The Hall–Kier alpha value is -3.40. The Labute approximate surface area is 181 Å². The molecule has 9 nitrogen and oxygen atoms in total. The minimum atomic E-state index is -3.84. The van der Waals surface area contributed by atoms with Crippen molar-refractivity contribution in [2.24, 2.45) is 0 Å². The summed E-state index contributed by atoms with van der Waals surface area (Å²) < 4.78 is 34.2. The summed E-state index contributed by atoms with van der Waals surface area (Å²) in [6.45, 7) is 4.59. The van der Waals surface area contributed by atoms with Crippen molar-refractivity contribution in [1.29, 1.82) is 0 Å². The van der Waals surface area contributed by atoms with Crippen molar-refractivity contribution in [3.63, 3.8) is 0 Å². The highest BCUT2D eigenvalue weighted by Crippen LogP contribution is 2.18. The molecule has 164 valence electrons. The second-order valence-corrected chi connectivity index (χ2v) is 8.96. The van der Waals surface area contributed by atoms with Gasteiger partial charge in [-0.2, -0.15) is 5.10 Å². The van der Waals surface area contributed by atoms with Crippen molar-refractivity contribution in [3.05, 3.63) is 72.3 Å². The van der Waals surface area contributed by atoms with E-state index < -0.39 is 21.7 Å². The Morgan fingerprint density at radius 2 is 1.87 bits per heavy atom. The number of rotatable bonds is 10. The summed E-state index contributed by atoms with van der Waals surface area (Å²) in [5.74, 6) is -0.619. The molecule has 3 rings (SSSR count). The third-order valence-electron chi connectivity index (χ3n) is 4.11. The molecule has 0 spiro atoms. The van der Waals surface area contributed by atoms with Gasteiger partial charge in [-0.25, -0.2) is 18.1 Å². The van der Waals surface area contributed by atoms with Crippen LogP contribution in [0.4, 0.5) is 5.69 Å². The maximum absolute atomic E-state index is 12.3. The fourth-order valence-corrected chi connectivity index (χ4v) is 3.87. The van der Waals surface area contributed by atoms with Crippen molar-refractivity contribution in [3.8, 4) is 5.75 Å². The summed E-state index contributed by atoms with van der Waals surface area (Å²) in [4.78, 5) is 16.1. The molecule has 0 unspecified atom stereocenters. The maximum atomic E-state index is 12.3. The fourth-order valence-electron chi connectivity index (χ4n) is 2.85. The minimum Gasteiger partial charge on any atom is -0.491 e. The number of anilines is 1. The number of hydrogen-bond acceptors (Lipinski definition) is 6. The fraction of sp³-hybridized carbons (Fsp3) is 0.286. The van der Waals surface area contributed by atoms with Crippen molar-refractivity contribution in [2.75, 3.05) is 10.5 Å². The van der Waals surface area contributed by atoms with Gasteiger partial charge in [0.1, 0.15) is 24.2 Å². The first-order valence-corrected chi connectivity index (χ1v) is 11.4. The number of ether oxygens (including phenoxy) is 1. The molecule has 0 aliphatic heterocycles. The average molecular weight is 444 g/mol. The number of nitrogens with zero attached hydrogens (tertiary/aromatic N) is 3. The van der Waals surface area contributed by atoms with Gasteiger partial charge in [0.05, 0.1) is 12.6 Å². The van der Waals surface area contributed by atoms with Gasteiger partial charge in [-0.15, -0.1) is 0 Å². The zero-order chi connectivity index (χ0) is 22.3. The minimum absolute atomic E-state index is 0.0227. The highest BCUT2D eigenvalue weighted by atomic mass is 32.2. The summed E-state index contributed by atoms with van der Waals surface area (Å²) in [5, 5.41) is 6.71. The SMILES string of the molecule is CC(C)Oc1ccc(NS(=O)(=O)CC(=O)NCc2cccc(Cn3cncn3)c2)cc1. The molecule has 1 amide bonds. The first-order valence-electron chi connectivity index (χ1n) is 9.73. The Morgan fingerprint density at radius 3 is 2.55 bits per heavy atom. The van der Waals surface area contributed by atoms with E-state index in [2.05, 4.69) is 20.1 Å². The highest BCUT2D eigenvalue weighted by Gasteiger charge is 2.16. The molecule has 31 heavy (non-hydrogen) atoms. The van der Waals surface area contributed by atoms with E-state index in [0.29, 0.717) is 18.0 Å². The van der Waals surface area contributed by atoms with Crippen LogP contribution < -0.4 is 14.8 Å². The summed E-state index contributed by atoms with van der Waals surface area (Å²) in [6, 6.07) is 14.1. The van der Waals surface area contributed by atoms with Crippen LogP contribution in [0, 0.1) is 0 Å². The van der Waals surface area contributed by atoms with Gasteiger partial charge in [-0.1, -0.05) is 24.3 Å². The van der Waals surface area contributed by atoms with E-state index >= 15 is 0 Å². The van der Waals surface area contributed by atoms with Gasteiger partial charge in [0.25, 0.3) is 0 Å². The second-order valence-electron chi connectivity index (χ2n) is 7.24. The molecule has 0 atom stereocenters. The molecule has 2 N–H and O–H groups in total. The molecule has 0 saturated carbocycles. The molecule has 1 heterocycles. The third-order valence-corrected chi connectivity index (χ3v) is 5.30. The van der Waals surface area contributed by atoms with E-state index in [1.165, 1.54) is 6.33 Å². The average Bonchev–Trinajstić information content (AvgIpc) is 3.20. The molecular formula is C21H25N5O4S. The Balaban J connectivity index is 1.50. The number of sulfonamides is 1. The van der Waals surface area contributed by atoms with E-state index in [4.69, 9.17) is 4.74 Å². The number of carbonyl (C=O) groups is 1. The summed E-state index contributed by atoms with van der Waals surface area (Å²) in [7, 11) is -3.84. The van der Waals surface area contributed by atoms with Crippen LogP contribution in [0.5, 0.6) is 5.75 Å². The molecule has 0 aliphatic rings.